The first-order valence-electron chi connectivity index (χ1n) is 5.62. The number of nitrogens with one attached hydrogen (secondary N) is 1. The zero-order valence-corrected chi connectivity index (χ0v) is 11.4. The maximum Gasteiger partial charge on any atom is 0.236 e. The fourth-order valence-corrected chi connectivity index (χ4v) is 1.63. The van der Waals surface area contributed by atoms with Crippen molar-refractivity contribution < 1.29 is 4.79 Å². The van der Waals surface area contributed by atoms with Gasteiger partial charge in [-0.15, -0.1) is 0 Å². The van der Waals surface area contributed by atoms with Crippen molar-refractivity contribution in [2.24, 2.45) is 11.7 Å². The standard InChI is InChI=1S/C11H23N3OS/c1-8(2)7-14(6-5-10(12)16)9(3)11(15)13-4/h8-9H,5-7H2,1-4H3,(H2,12,16)(H,13,15). The van der Waals surface area contributed by atoms with Crippen LogP contribution in [0.1, 0.15) is 27.2 Å². The third-order valence-electron chi connectivity index (χ3n) is 2.42. The molecule has 0 aliphatic rings. The first kappa shape index (κ1) is 15.3. The van der Waals surface area contributed by atoms with Crippen LogP contribution in [0.3, 0.4) is 0 Å². The Morgan fingerprint density at radius 2 is 2.00 bits per heavy atom. The molecule has 0 fully saturated rings. The normalized spacial score (nSPS) is 12.9. The molecule has 0 saturated carbocycles. The molecule has 0 spiro atoms. The number of rotatable bonds is 7. The van der Waals surface area contributed by atoms with Crippen molar-refractivity contribution >= 4 is 23.1 Å². The number of carbonyl (C=O) groups is 1. The minimum Gasteiger partial charge on any atom is -0.393 e. The largest absolute Gasteiger partial charge is 0.393 e. The average Bonchev–Trinajstić information content (AvgIpc) is 2.21. The molecule has 0 heterocycles. The molecule has 0 bridgehead atoms. The maximum atomic E-state index is 11.6. The summed E-state index contributed by atoms with van der Waals surface area (Å²) in [6.45, 7) is 7.77. The summed E-state index contributed by atoms with van der Waals surface area (Å²) in [5, 5.41) is 2.66. The molecule has 1 atom stereocenters. The lowest BCUT2D eigenvalue weighted by Crippen LogP contribution is -2.46. The second-order valence-electron chi connectivity index (χ2n) is 4.40. The van der Waals surface area contributed by atoms with E-state index in [0.717, 1.165) is 13.1 Å². The number of amides is 1. The van der Waals surface area contributed by atoms with Crippen molar-refractivity contribution in [3.63, 3.8) is 0 Å². The lowest BCUT2D eigenvalue weighted by atomic mass is 10.1. The van der Waals surface area contributed by atoms with E-state index in [1.165, 1.54) is 0 Å². The smallest absolute Gasteiger partial charge is 0.236 e. The Bertz CT molecular complexity index is 243. The Hall–Kier alpha value is -0.680. The monoisotopic (exact) mass is 245 g/mol. The molecule has 3 N–H and O–H groups in total. The number of likely N-dealkylation sites (N-methyl/N-ethyl adjacent to an activating group) is 1. The first-order valence-corrected chi connectivity index (χ1v) is 6.03. The molecular weight excluding hydrogens is 222 g/mol. The minimum absolute atomic E-state index is 0.0311. The number of hydrogen-bond donors (Lipinski definition) is 2. The Morgan fingerprint density at radius 3 is 2.38 bits per heavy atom. The summed E-state index contributed by atoms with van der Waals surface area (Å²) in [5.41, 5.74) is 5.48. The minimum atomic E-state index is -0.137. The molecule has 0 aliphatic heterocycles. The Kier molecular flexibility index (Phi) is 7.25. The van der Waals surface area contributed by atoms with E-state index in [1.807, 2.05) is 6.92 Å². The summed E-state index contributed by atoms with van der Waals surface area (Å²) >= 11 is 4.86. The highest BCUT2D eigenvalue weighted by molar-refractivity contribution is 7.80. The maximum absolute atomic E-state index is 11.6. The average molecular weight is 245 g/mol. The van der Waals surface area contributed by atoms with E-state index < -0.39 is 0 Å². The van der Waals surface area contributed by atoms with Crippen LogP contribution in [0.4, 0.5) is 0 Å². The van der Waals surface area contributed by atoms with Gasteiger partial charge in [0.25, 0.3) is 0 Å². The van der Waals surface area contributed by atoms with Crippen LogP contribution in [0.5, 0.6) is 0 Å². The van der Waals surface area contributed by atoms with Crippen LogP contribution in [-0.4, -0.2) is 42.0 Å². The second-order valence-corrected chi connectivity index (χ2v) is 4.92. The van der Waals surface area contributed by atoms with E-state index in [-0.39, 0.29) is 11.9 Å². The Balaban J connectivity index is 4.39. The van der Waals surface area contributed by atoms with Gasteiger partial charge in [0.05, 0.1) is 11.0 Å². The Labute approximate surface area is 104 Å². The van der Waals surface area contributed by atoms with Gasteiger partial charge in [-0.3, -0.25) is 9.69 Å². The third kappa shape index (κ3) is 6.02. The topological polar surface area (TPSA) is 58.4 Å². The molecule has 94 valence electrons. The van der Waals surface area contributed by atoms with Crippen molar-refractivity contribution in [2.45, 2.75) is 33.2 Å². The van der Waals surface area contributed by atoms with Crippen LogP contribution in [0.15, 0.2) is 0 Å². The fraction of sp³-hybridized carbons (Fsp3) is 0.818. The summed E-state index contributed by atoms with van der Waals surface area (Å²) in [7, 11) is 1.65. The van der Waals surface area contributed by atoms with E-state index in [0.29, 0.717) is 17.3 Å². The number of hydrogen-bond acceptors (Lipinski definition) is 3. The van der Waals surface area contributed by atoms with Gasteiger partial charge in [0, 0.05) is 26.6 Å². The second kappa shape index (κ2) is 7.57. The summed E-state index contributed by atoms with van der Waals surface area (Å²) in [6.07, 6.45) is 0.656. The summed E-state index contributed by atoms with van der Waals surface area (Å²) < 4.78 is 0. The Morgan fingerprint density at radius 1 is 1.44 bits per heavy atom. The van der Waals surface area contributed by atoms with Gasteiger partial charge < -0.3 is 11.1 Å². The quantitative estimate of drug-likeness (QED) is 0.650. The summed E-state index contributed by atoms with van der Waals surface area (Å²) in [6, 6.07) is -0.137. The van der Waals surface area contributed by atoms with Crippen molar-refractivity contribution in [3.8, 4) is 0 Å². The molecule has 0 aromatic carbocycles. The third-order valence-corrected chi connectivity index (χ3v) is 2.62. The molecule has 0 rings (SSSR count). The number of nitrogens with two attached hydrogens (primary N) is 1. The molecule has 0 saturated heterocycles. The summed E-state index contributed by atoms with van der Waals surface area (Å²) in [5.74, 6) is 0.544. The molecule has 5 heteroatoms. The van der Waals surface area contributed by atoms with Gasteiger partial charge in [-0.05, 0) is 12.8 Å². The van der Waals surface area contributed by atoms with E-state index in [9.17, 15) is 4.79 Å². The van der Waals surface area contributed by atoms with Crippen LogP contribution in [0, 0.1) is 5.92 Å². The molecule has 4 nitrogen and oxygen atoms in total. The van der Waals surface area contributed by atoms with Gasteiger partial charge >= 0.3 is 0 Å². The molecule has 1 unspecified atom stereocenters. The highest BCUT2D eigenvalue weighted by Gasteiger charge is 2.20. The molecule has 1 amide bonds. The van der Waals surface area contributed by atoms with Crippen LogP contribution in [-0.2, 0) is 4.79 Å². The fourth-order valence-electron chi connectivity index (χ4n) is 1.54. The van der Waals surface area contributed by atoms with E-state index >= 15 is 0 Å². The lowest BCUT2D eigenvalue weighted by molar-refractivity contribution is -0.125. The van der Waals surface area contributed by atoms with Gasteiger partial charge in [-0.25, -0.2) is 0 Å². The highest BCUT2D eigenvalue weighted by atomic mass is 32.1. The lowest BCUT2D eigenvalue weighted by Gasteiger charge is -2.29. The van der Waals surface area contributed by atoms with Gasteiger partial charge in [0.15, 0.2) is 0 Å². The van der Waals surface area contributed by atoms with Crippen molar-refractivity contribution in [2.75, 3.05) is 20.1 Å². The van der Waals surface area contributed by atoms with E-state index in [1.54, 1.807) is 7.05 Å². The number of carbonyl (C=O) groups excluding carboxylic acids is 1. The zero-order valence-electron chi connectivity index (χ0n) is 10.6. The number of thiocarbonyl (C=S) groups is 1. The van der Waals surface area contributed by atoms with Crippen LogP contribution < -0.4 is 11.1 Å². The van der Waals surface area contributed by atoms with Crippen LogP contribution in [0.25, 0.3) is 0 Å². The van der Waals surface area contributed by atoms with Crippen LogP contribution in [0.2, 0.25) is 0 Å². The predicted octanol–water partition coefficient (Wildman–Crippen LogP) is 0.755. The van der Waals surface area contributed by atoms with Gasteiger partial charge in [0.2, 0.25) is 5.91 Å². The molecule has 16 heavy (non-hydrogen) atoms. The first-order chi connectivity index (χ1) is 7.38. The molecule has 0 radical (unpaired) electrons. The SMILES string of the molecule is CNC(=O)C(C)N(CCC(N)=S)CC(C)C. The molecule has 0 aromatic rings. The predicted molar refractivity (Wildman–Crippen MR) is 71.3 cm³/mol. The van der Waals surface area contributed by atoms with Gasteiger partial charge in [0.1, 0.15) is 0 Å². The summed E-state index contributed by atoms with van der Waals surface area (Å²) in [4.78, 5) is 14.2. The van der Waals surface area contributed by atoms with E-state index in [4.69, 9.17) is 18.0 Å². The van der Waals surface area contributed by atoms with Crippen molar-refractivity contribution in [3.05, 3.63) is 0 Å². The zero-order chi connectivity index (χ0) is 12.7. The molecule has 0 aromatic heterocycles. The number of nitrogens with zero attached hydrogens (tertiary/aromatic N) is 1. The van der Waals surface area contributed by atoms with E-state index in [2.05, 4.69) is 24.1 Å². The van der Waals surface area contributed by atoms with Crippen molar-refractivity contribution in [1.82, 2.24) is 10.2 Å². The molecule has 0 aliphatic carbocycles. The van der Waals surface area contributed by atoms with Gasteiger partial charge in [-0.1, -0.05) is 26.1 Å². The highest BCUT2D eigenvalue weighted by Crippen LogP contribution is 2.06. The van der Waals surface area contributed by atoms with Gasteiger partial charge in [-0.2, -0.15) is 0 Å². The van der Waals surface area contributed by atoms with Crippen molar-refractivity contribution in [1.29, 1.82) is 0 Å². The molecular formula is C11H23N3OS. The van der Waals surface area contributed by atoms with Crippen LogP contribution >= 0.6 is 12.2 Å².